The average molecular weight is 845 g/mol. The van der Waals surface area contributed by atoms with Gasteiger partial charge in [-0.05, 0) is 155 Å². The van der Waals surface area contributed by atoms with Crippen molar-refractivity contribution in [1.82, 2.24) is 0 Å². The molecule has 1 spiro atoms. The zero-order chi connectivity index (χ0) is 43.8. The van der Waals surface area contributed by atoms with Gasteiger partial charge in [0, 0.05) is 0 Å². The van der Waals surface area contributed by atoms with Crippen LogP contribution in [0, 0.1) is 0 Å². The first-order chi connectivity index (χ1) is 33.3. The lowest BCUT2D eigenvalue weighted by Crippen LogP contribution is -2.26. The highest BCUT2D eigenvalue weighted by atomic mass is 14.5. The average Bonchev–Trinajstić information content (AvgIpc) is 3.88. The molecule has 0 unspecified atom stereocenters. The molecule has 0 saturated heterocycles. The van der Waals surface area contributed by atoms with Crippen LogP contribution in [0.3, 0.4) is 0 Å². The van der Waals surface area contributed by atoms with Gasteiger partial charge in [0.25, 0.3) is 0 Å². The molecule has 0 aromatic heterocycles. The van der Waals surface area contributed by atoms with Crippen molar-refractivity contribution in [1.29, 1.82) is 0 Å². The lowest BCUT2D eigenvalue weighted by atomic mass is 9.69. The molecule has 0 heteroatoms. The standard InChI is InChI=1S/C67H40/c1-2-17-45-39-46(34-31-41(45)15-1)42-29-32-44(33-30-42)62-53-23-7-9-25-55(53)63(56-26-10-8-24-54(56)62)47-35-37-57-58(40-47)49-19-5-6-22-52(49)65-64-48-18-4-3-16-43(48)36-38-61(64)67(66(57)65)59-27-13-11-20-50(59)51-21-12-14-28-60(51)67/h1-40H. The van der Waals surface area contributed by atoms with Crippen LogP contribution in [-0.2, 0) is 5.41 Å². The van der Waals surface area contributed by atoms with E-state index in [0.717, 1.165) is 0 Å². The van der Waals surface area contributed by atoms with Crippen molar-refractivity contribution in [2.45, 2.75) is 5.41 Å². The molecule has 0 bridgehead atoms. The molecule has 13 aromatic carbocycles. The van der Waals surface area contributed by atoms with Crippen LogP contribution in [0.1, 0.15) is 22.3 Å². The Morgan fingerprint density at radius 2 is 0.672 bits per heavy atom. The second kappa shape index (κ2) is 13.7. The summed E-state index contributed by atoms with van der Waals surface area (Å²) in [4.78, 5) is 0. The Morgan fingerprint density at radius 3 is 1.33 bits per heavy atom. The summed E-state index contributed by atoms with van der Waals surface area (Å²) in [6, 6.07) is 91.5. The fourth-order valence-electron chi connectivity index (χ4n) is 12.7. The summed E-state index contributed by atoms with van der Waals surface area (Å²) in [5, 5.41) is 15.3. The minimum absolute atomic E-state index is 0.490. The monoisotopic (exact) mass is 844 g/mol. The summed E-state index contributed by atoms with van der Waals surface area (Å²) >= 11 is 0. The molecule has 0 saturated carbocycles. The van der Waals surface area contributed by atoms with Crippen molar-refractivity contribution in [2.75, 3.05) is 0 Å². The van der Waals surface area contributed by atoms with E-state index in [2.05, 4.69) is 243 Å². The van der Waals surface area contributed by atoms with Gasteiger partial charge in [0.05, 0.1) is 5.41 Å². The van der Waals surface area contributed by atoms with E-state index in [1.165, 1.54) is 143 Å². The first-order valence-electron chi connectivity index (χ1n) is 23.5. The van der Waals surface area contributed by atoms with Crippen LogP contribution in [-0.4, -0.2) is 0 Å². The Morgan fingerprint density at radius 1 is 0.209 bits per heavy atom. The third-order valence-corrected chi connectivity index (χ3v) is 15.4. The molecule has 308 valence electrons. The Balaban J connectivity index is 0.999. The number of rotatable bonds is 3. The van der Waals surface area contributed by atoms with E-state index in [1.54, 1.807) is 0 Å². The Hall–Kier alpha value is -8.58. The van der Waals surface area contributed by atoms with Crippen molar-refractivity contribution < 1.29 is 0 Å². The maximum absolute atomic E-state index is 2.52. The summed E-state index contributed by atoms with van der Waals surface area (Å²) in [7, 11) is 0. The third kappa shape index (κ3) is 4.92. The Labute approximate surface area is 388 Å². The van der Waals surface area contributed by atoms with Gasteiger partial charge in [0.2, 0.25) is 0 Å². The van der Waals surface area contributed by atoms with E-state index < -0.39 is 5.41 Å². The van der Waals surface area contributed by atoms with Crippen LogP contribution in [0.2, 0.25) is 0 Å². The molecular formula is C67H40. The Bertz CT molecular complexity index is 4160. The van der Waals surface area contributed by atoms with Gasteiger partial charge in [-0.3, -0.25) is 0 Å². The molecule has 0 heterocycles. The topological polar surface area (TPSA) is 0 Å². The molecular weight excluding hydrogens is 805 g/mol. The summed E-state index contributed by atoms with van der Waals surface area (Å²) in [6.45, 7) is 0. The number of hydrogen-bond donors (Lipinski definition) is 0. The molecule has 0 fully saturated rings. The first-order valence-corrected chi connectivity index (χ1v) is 23.5. The molecule has 67 heavy (non-hydrogen) atoms. The van der Waals surface area contributed by atoms with Crippen LogP contribution < -0.4 is 0 Å². The van der Waals surface area contributed by atoms with Crippen LogP contribution in [0.25, 0.3) is 120 Å². The molecule has 0 aliphatic heterocycles. The molecule has 0 N–H and O–H groups in total. The predicted molar refractivity (Wildman–Crippen MR) is 284 cm³/mol. The highest BCUT2D eigenvalue weighted by molar-refractivity contribution is 6.26. The van der Waals surface area contributed by atoms with Gasteiger partial charge in [-0.2, -0.15) is 0 Å². The lowest BCUT2D eigenvalue weighted by molar-refractivity contribution is 0.802. The zero-order valence-corrected chi connectivity index (χ0v) is 36.6. The van der Waals surface area contributed by atoms with Crippen molar-refractivity contribution in [2.24, 2.45) is 0 Å². The molecule has 13 aromatic rings. The van der Waals surface area contributed by atoms with Crippen LogP contribution in [0.15, 0.2) is 243 Å². The number of fused-ring (bicyclic) bond motifs is 20. The second-order valence-corrected chi connectivity index (χ2v) is 18.6. The maximum Gasteiger partial charge on any atom is 0.0732 e. The van der Waals surface area contributed by atoms with E-state index in [9.17, 15) is 0 Å². The minimum atomic E-state index is -0.490. The predicted octanol–water partition coefficient (Wildman–Crippen LogP) is 18.0. The quantitative estimate of drug-likeness (QED) is 0.123. The van der Waals surface area contributed by atoms with E-state index in [1.807, 2.05) is 0 Å². The van der Waals surface area contributed by atoms with Crippen molar-refractivity contribution in [3.8, 4) is 55.6 Å². The lowest BCUT2D eigenvalue weighted by Gasteiger charge is -2.32. The summed E-state index contributed by atoms with van der Waals surface area (Å²) < 4.78 is 0. The zero-order valence-electron chi connectivity index (χ0n) is 36.6. The number of hydrogen-bond acceptors (Lipinski definition) is 0. The normalized spacial score (nSPS) is 13.2. The van der Waals surface area contributed by atoms with Crippen molar-refractivity contribution in [3.63, 3.8) is 0 Å². The molecule has 15 rings (SSSR count). The van der Waals surface area contributed by atoms with E-state index in [0.29, 0.717) is 0 Å². The van der Waals surface area contributed by atoms with Gasteiger partial charge in [-0.25, -0.2) is 0 Å². The molecule has 2 aliphatic carbocycles. The largest absolute Gasteiger partial charge is 0.0732 e. The fourth-order valence-corrected chi connectivity index (χ4v) is 12.7. The van der Waals surface area contributed by atoms with Gasteiger partial charge < -0.3 is 0 Å². The SMILES string of the molecule is c1ccc2c(c1)-c1ccccc1C21c2ccc3ccccc3c2-c2c1c1ccc(-c3c4ccccc4c(-c4ccc(-c5ccc6ccccc6c5)cc4)c4ccccc34)cc1c1ccccc21. The van der Waals surface area contributed by atoms with Gasteiger partial charge in [0.15, 0.2) is 0 Å². The summed E-state index contributed by atoms with van der Waals surface area (Å²) in [6.07, 6.45) is 0. The smallest absolute Gasteiger partial charge is 0.0619 e. The molecule has 0 nitrogen and oxygen atoms in total. The van der Waals surface area contributed by atoms with Gasteiger partial charge >= 0.3 is 0 Å². The van der Waals surface area contributed by atoms with E-state index in [4.69, 9.17) is 0 Å². The van der Waals surface area contributed by atoms with Gasteiger partial charge in [-0.15, -0.1) is 0 Å². The fraction of sp³-hybridized carbons (Fsp3) is 0.0149. The first kappa shape index (κ1) is 36.7. The Kier molecular flexibility index (Phi) is 7.52. The van der Waals surface area contributed by atoms with Crippen molar-refractivity contribution >= 4 is 64.6 Å². The summed E-state index contributed by atoms with van der Waals surface area (Å²) in [5.74, 6) is 0. The van der Waals surface area contributed by atoms with Gasteiger partial charge in [0.1, 0.15) is 0 Å². The van der Waals surface area contributed by atoms with Crippen LogP contribution >= 0.6 is 0 Å². The van der Waals surface area contributed by atoms with Crippen molar-refractivity contribution in [3.05, 3.63) is 265 Å². The maximum atomic E-state index is 2.52. The highest BCUT2D eigenvalue weighted by Gasteiger charge is 2.53. The van der Waals surface area contributed by atoms with Gasteiger partial charge in [-0.1, -0.05) is 231 Å². The summed E-state index contributed by atoms with van der Waals surface area (Å²) in [5.41, 5.74) is 17.8. The molecule has 2 aliphatic rings. The minimum Gasteiger partial charge on any atom is -0.0619 e. The van der Waals surface area contributed by atoms with E-state index in [-0.39, 0.29) is 0 Å². The van der Waals surface area contributed by atoms with E-state index >= 15 is 0 Å². The molecule has 0 radical (unpaired) electrons. The second-order valence-electron chi connectivity index (χ2n) is 18.6. The third-order valence-electron chi connectivity index (χ3n) is 15.4. The highest BCUT2D eigenvalue weighted by Crippen LogP contribution is 2.66. The molecule has 0 amide bonds. The van der Waals surface area contributed by atoms with Crippen LogP contribution in [0.4, 0.5) is 0 Å². The molecule has 0 atom stereocenters. The van der Waals surface area contributed by atoms with Crippen LogP contribution in [0.5, 0.6) is 0 Å². The number of benzene rings is 13.